The van der Waals surface area contributed by atoms with Crippen LogP contribution in [0.2, 0.25) is 0 Å². The standard InChI is InChI=1S/C29H29NO3/c1-32-25-14-16-27-23(20-25)11-15-26(21-6-3-2-4-7-21)29(27)22-9-12-24(13-10-22)33-19-18-30-17-5-8-28(30)31/h2-4,6-7,9-10,12-14,16,20H,5,8,11,15,17-19H2,1H3. The maximum atomic E-state index is 11.8. The number of hydrogen-bond donors (Lipinski definition) is 0. The van der Waals surface area contributed by atoms with Gasteiger partial charge in [-0.1, -0.05) is 48.5 Å². The maximum absolute atomic E-state index is 11.8. The average Bonchev–Trinajstić information content (AvgIpc) is 3.28. The van der Waals surface area contributed by atoms with Gasteiger partial charge in [0.05, 0.1) is 13.7 Å². The zero-order valence-corrected chi connectivity index (χ0v) is 19.0. The Bertz CT molecular complexity index is 1170. The van der Waals surface area contributed by atoms with Crippen LogP contribution in [0.1, 0.15) is 41.5 Å². The van der Waals surface area contributed by atoms with Crippen LogP contribution >= 0.6 is 0 Å². The lowest BCUT2D eigenvalue weighted by atomic mass is 9.79. The SMILES string of the molecule is COc1ccc2c(c1)CCC(c1ccccc1)=C2c1ccc(OCCN2CCCC2=O)cc1. The summed E-state index contributed by atoms with van der Waals surface area (Å²) in [4.78, 5) is 13.7. The van der Waals surface area contributed by atoms with Gasteiger partial charge in [0.15, 0.2) is 0 Å². The number of carbonyl (C=O) groups excluding carboxylic acids is 1. The molecule has 1 amide bonds. The van der Waals surface area contributed by atoms with E-state index in [1.54, 1.807) is 7.11 Å². The van der Waals surface area contributed by atoms with E-state index >= 15 is 0 Å². The lowest BCUT2D eigenvalue weighted by molar-refractivity contribution is -0.128. The van der Waals surface area contributed by atoms with E-state index in [1.165, 1.54) is 33.4 Å². The van der Waals surface area contributed by atoms with Crippen LogP contribution in [0, 0.1) is 0 Å². The number of carbonyl (C=O) groups is 1. The fraction of sp³-hybridized carbons (Fsp3) is 0.276. The van der Waals surface area contributed by atoms with Gasteiger partial charge in [-0.3, -0.25) is 4.79 Å². The molecule has 1 aliphatic heterocycles. The molecule has 1 heterocycles. The number of rotatable bonds is 7. The van der Waals surface area contributed by atoms with Crippen LogP contribution in [-0.2, 0) is 11.2 Å². The third kappa shape index (κ3) is 4.51. The summed E-state index contributed by atoms with van der Waals surface area (Å²) >= 11 is 0. The Labute approximate surface area is 195 Å². The second-order valence-electron chi connectivity index (χ2n) is 8.60. The minimum Gasteiger partial charge on any atom is -0.497 e. The highest BCUT2D eigenvalue weighted by molar-refractivity contribution is 6.00. The third-order valence-electron chi connectivity index (χ3n) is 6.59. The Kier molecular flexibility index (Phi) is 6.16. The number of likely N-dealkylation sites (tertiary alicyclic amines) is 1. The number of amides is 1. The molecule has 33 heavy (non-hydrogen) atoms. The fourth-order valence-electron chi connectivity index (χ4n) is 4.88. The lowest BCUT2D eigenvalue weighted by Crippen LogP contribution is -2.29. The number of aryl methyl sites for hydroxylation is 1. The summed E-state index contributed by atoms with van der Waals surface area (Å²) in [7, 11) is 1.72. The fourth-order valence-corrected chi connectivity index (χ4v) is 4.88. The van der Waals surface area contributed by atoms with E-state index in [9.17, 15) is 4.79 Å². The number of benzene rings is 3. The first kappa shape index (κ1) is 21.3. The van der Waals surface area contributed by atoms with Crippen LogP contribution in [0.25, 0.3) is 11.1 Å². The van der Waals surface area contributed by atoms with E-state index in [1.807, 2.05) is 23.1 Å². The molecule has 4 heteroatoms. The summed E-state index contributed by atoms with van der Waals surface area (Å²) in [6.45, 7) is 2.02. The second-order valence-corrected chi connectivity index (χ2v) is 8.60. The maximum Gasteiger partial charge on any atom is 0.222 e. The zero-order valence-electron chi connectivity index (χ0n) is 19.0. The smallest absolute Gasteiger partial charge is 0.222 e. The first-order valence-electron chi connectivity index (χ1n) is 11.7. The molecule has 4 nitrogen and oxygen atoms in total. The molecule has 3 aromatic carbocycles. The molecule has 0 N–H and O–H groups in total. The van der Waals surface area contributed by atoms with Gasteiger partial charge < -0.3 is 14.4 Å². The molecule has 0 aromatic heterocycles. The van der Waals surface area contributed by atoms with Crippen molar-refractivity contribution in [2.45, 2.75) is 25.7 Å². The number of fused-ring (bicyclic) bond motifs is 1. The highest BCUT2D eigenvalue weighted by Crippen LogP contribution is 2.42. The Morgan fingerprint density at radius 1 is 0.848 bits per heavy atom. The van der Waals surface area contributed by atoms with E-state index in [2.05, 4.69) is 54.6 Å². The van der Waals surface area contributed by atoms with Crippen LogP contribution in [0.5, 0.6) is 11.5 Å². The van der Waals surface area contributed by atoms with E-state index in [0.29, 0.717) is 19.6 Å². The van der Waals surface area contributed by atoms with Gasteiger partial charge in [-0.15, -0.1) is 0 Å². The van der Waals surface area contributed by atoms with Crippen molar-refractivity contribution in [3.05, 3.63) is 95.1 Å². The third-order valence-corrected chi connectivity index (χ3v) is 6.59. The van der Waals surface area contributed by atoms with Gasteiger partial charge in [-0.25, -0.2) is 0 Å². The molecule has 1 saturated heterocycles. The molecule has 0 atom stereocenters. The first-order valence-corrected chi connectivity index (χ1v) is 11.7. The molecule has 1 fully saturated rings. The Morgan fingerprint density at radius 2 is 1.64 bits per heavy atom. The number of nitrogens with zero attached hydrogens (tertiary/aromatic N) is 1. The number of hydrogen-bond acceptors (Lipinski definition) is 3. The lowest BCUT2D eigenvalue weighted by Gasteiger charge is -2.25. The predicted octanol–water partition coefficient (Wildman–Crippen LogP) is 5.60. The van der Waals surface area contributed by atoms with Gasteiger partial charge in [0.25, 0.3) is 0 Å². The number of methoxy groups -OCH3 is 1. The largest absolute Gasteiger partial charge is 0.497 e. The van der Waals surface area contributed by atoms with Crippen molar-refractivity contribution >= 4 is 17.1 Å². The van der Waals surface area contributed by atoms with Gasteiger partial charge in [-0.2, -0.15) is 0 Å². The summed E-state index contributed by atoms with van der Waals surface area (Å²) in [6.07, 6.45) is 3.61. The minimum atomic E-state index is 0.238. The quantitative estimate of drug-likeness (QED) is 0.481. The van der Waals surface area contributed by atoms with Crippen molar-refractivity contribution in [3.63, 3.8) is 0 Å². The monoisotopic (exact) mass is 439 g/mol. The molecule has 0 unspecified atom stereocenters. The normalized spacial score (nSPS) is 15.5. The molecule has 168 valence electrons. The van der Waals surface area contributed by atoms with Crippen molar-refractivity contribution in [2.24, 2.45) is 0 Å². The molecule has 3 aromatic rings. The van der Waals surface area contributed by atoms with Crippen molar-refractivity contribution < 1.29 is 14.3 Å². The van der Waals surface area contributed by atoms with Gasteiger partial charge in [0.2, 0.25) is 5.91 Å². The summed E-state index contributed by atoms with van der Waals surface area (Å²) in [5.41, 5.74) is 7.68. The van der Waals surface area contributed by atoms with E-state index in [0.717, 1.165) is 37.3 Å². The topological polar surface area (TPSA) is 38.8 Å². The highest BCUT2D eigenvalue weighted by Gasteiger charge is 2.22. The van der Waals surface area contributed by atoms with E-state index < -0.39 is 0 Å². The minimum absolute atomic E-state index is 0.238. The van der Waals surface area contributed by atoms with Crippen LogP contribution in [0.3, 0.4) is 0 Å². The van der Waals surface area contributed by atoms with Crippen LogP contribution in [0.4, 0.5) is 0 Å². The van der Waals surface area contributed by atoms with Crippen LogP contribution < -0.4 is 9.47 Å². The summed E-state index contributed by atoms with van der Waals surface area (Å²) in [5, 5.41) is 0. The van der Waals surface area contributed by atoms with Gasteiger partial charge in [-0.05, 0) is 76.9 Å². The number of ether oxygens (including phenoxy) is 2. The highest BCUT2D eigenvalue weighted by atomic mass is 16.5. The van der Waals surface area contributed by atoms with E-state index in [-0.39, 0.29) is 5.91 Å². The van der Waals surface area contributed by atoms with Crippen molar-refractivity contribution in [3.8, 4) is 11.5 Å². The van der Waals surface area contributed by atoms with E-state index in [4.69, 9.17) is 9.47 Å². The molecular weight excluding hydrogens is 410 g/mol. The molecule has 5 rings (SSSR count). The zero-order chi connectivity index (χ0) is 22.6. The molecule has 0 spiro atoms. The van der Waals surface area contributed by atoms with Gasteiger partial charge in [0, 0.05) is 13.0 Å². The molecule has 2 aliphatic rings. The molecule has 0 saturated carbocycles. The van der Waals surface area contributed by atoms with Gasteiger partial charge in [0.1, 0.15) is 18.1 Å². The van der Waals surface area contributed by atoms with Gasteiger partial charge >= 0.3 is 0 Å². The molecule has 0 radical (unpaired) electrons. The molecule has 0 bridgehead atoms. The first-order chi connectivity index (χ1) is 16.2. The Hall–Kier alpha value is -3.53. The van der Waals surface area contributed by atoms with Crippen LogP contribution in [0.15, 0.2) is 72.8 Å². The summed E-state index contributed by atoms with van der Waals surface area (Å²) < 4.78 is 11.4. The molecular formula is C29H29NO3. The Balaban J connectivity index is 1.43. The number of allylic oxidation sites excluding steroid dienone is 1. The Morgan fingerprint density at radius 3 is 2.36 bits per heavy atom. The van der Waals surface area contributed by atoms with Crippen molar-refractivity contribution in [2.75, 3.05) is 26.8 Å². The average molecular weight is 440 g/mol. The van der Waals surface area contributed by atoms with Crippen molar-refractivity contribution in [1.82, 2.24) is 4.90 Å². The van der Waals surface area contributed by atoms with Crippen LogP contribution in [-0.4, -0.2) is 37.6 Å². The summed E-state index contributed by atoms with van der Waals surface area (Å²) in [5.74, 6) is 1.97. The van der Waals surface area contributed by atoms with Crippen molar-refractivity contribution in [1.29, 1.82) is 0 Å². The summed E-state index contributed by atoms with van der Waals surface area (Å²) in [6, 6.07) is 25.4. The second kappa shape index (κ2) is 9.53. The molecule has 1 aliphatic carbocycles. The predicted molar refractivity (Wildman–Crippen MR) is 131 cm³/mol.